The fourth-order valence-electron chi connectivity index (χ4n) is 2.93. The Hall–Kier alpha value is -2.71. The molecule has 0 aliphatic carbocycles. The summed E-state index contributed by atoms with van der Waals surface area (Å²) >= 11 is 0. The summed E-state index contributed by atoms with van der Waals surface area (Å²) in [5.41, 5.74) is 6.15. The van der Waals surface area contributed by atoms with Crippen LogP contribution in [0.3, 0.4) is 0 Å². The lowest BCUT2D eigenvalue weighted by molar-refractivity contribution is -0.343. The van der Waals surface area contributed by atoms with Gasteiger partial charge in [-0.3, -0.25) is 4.79 Å². The molecule has 0 aromatic heterocycles. The average molecular weight is 454 g/mol. The van der Waals surface area contributed by atoms with E-state index in [1.54, 1.807) is 13.0 Å². The summed E-state index contributed by atoms with van der Waals surface area (Å²) in [6.45, 7) is 0.0767. The fraction of sp³-hybridized carbons (Fsp3) is 0.375. The van der Waals surface area contributed by atoms with E-state index in [1.165, 1.54) is 10.6 Å². The number of fused-ring (bicyclic) bond motifs is 2. The Kier molecular flexibility index (Phi) is 6.25. The number of rotatable bonds is 7. The second kappa shape index (κ2) is 8.43. The molecular formula is C16H17N5O9P-3. The van der Waals surface area contributed by atoms with E-state index in [0.717, 1.165) is 0 Å². The van der Waals surface area contributed by atoms with Crippen molar-refractivity contribution in [2.75, 3.05) is 12.3 Å². The van der Waals surface area contributed by atoms with Crippen molar-refractivity contribution in [3.05, 3.63) is 28.0 Å². The first-order valence-electron chi connectivity index (χ1n) is 8.73. The molecule has 0 amide bonds. The van der Waals surface area contributed by atoms with Crippen molar-refractivity contribution < 1.29 is 39.3 Å². The van der Waals surface area contributed by atoms with Crippen molar-refractivity contribution in [1.29, 1.82) is 0 Å². The van der Waals surface area contributed by atoms with Crippen LogP contribution in [0.5, 0.6) is 6.01 Å². The minimum atomic E-state index is -5.41. The van der Waals surface area contributed by atoms with Crippen LogP contribution >= 0.6 is 7.82 Å². The number of nitrogens with two attached hydrogens (primary N) is 1. The molecule has 2 aliphatic heterocycles. The minimum Gasteiger partial charge on any atom is -0.844 e. The molecule has 0 bridgehead atoms. The van der Waals surface area contributed by atoms with Crippen molar-refractivity contribution in [2.45, 2.75) is 31.8 Å². The molecule has 14 nitrogen and oxygen atoms in total. The summed E-state index contributed by atoms with van der Waals surface area (Å²) in [5.74, 6) is -0.249. The van der Waals surface area contributed by atoms with Crippen LogP contribution in [0.25, 0.3) is 22.6 Å². The van der Waals surface area contributed by atoms with E-state index in [1.807, 2.05) is 0 Å². The van der Waals surface area contributed by atoms with Gasteiger partial charge in [-0.15, -0.1) is 0 Å². The van der Waals surface area contributed by atoms with Gasteiger partial charge >= 0.3 is 0 Å². The van der Waals surface area contributed by atoms with Crippen molar-refractivity contribution >= 4 is 24.5 Å². The lowest BCUT2D eigenvalue weighted by Crippen LogP contribution is -2.43. The van der Waals surface area contributed by atoms with Gasteiger partial charge in [-0.25, -0.2) is 15.0 Å². The first kappa shape index (κ1) is 23.0. The van der Waals surface area contributed by atoms with Gasteiger partial charge in [0.15, 0.2) is 11.5 Å². The van der Waals surface area contributed by atoms with Gasteiger partial charge in [0.1, 0.15) is 18.3 Å². The zero-order valence-electron chi connectivity index (χ0n) is 15.9. The number of anilines is 1. The Morgan fingerprint density at radius 3 is 2.52 bits per heavy atom. The monoisotopic (exact) mass is 454 g/mol. The minimum absolute atomic E-state index is 0.244. The number of benzene rings is 1. The highest BCUT2D eigenvalue weighted by molar-refractivity contribution is 7.43. The van der Waals surface area contributed by atoms with E-state index in [-0.39, 0.29) is 22.6 Å². The predicted octanol–water partition coefficient (Wildman–Crippen LogP) is -3.82. The van der Waals surface area contributed by atoms with Crippen molar-refractivity contribution in [3.8, 4) is 17.5 Å². The molecule has 0 saturated heterocycles. The highest BCUT2D eigenvalue weighted by Gasteiger charge is 2.28. The van der Waals surface area contributed by atoms with Crippen LogP contribution in [0.15, 0.2) is 16.9 Å². The van der Waals surface area contributed by atoms with Crippen LogP contribution in [-0.4, -0.2) is 59.8 Å². The van der Waals surface area contributed by atoms with Gasteiger partial charge in [-0.1, -0.05) is 0 Å². The third kappa shape index (κ3) is 4.97. The van der Waals surface area contributed by atoms with E-state index in [9.17, 15) is 39.6 Å². The summed E-state index contributed by atoms with van der Waals surface area (Å²) in [4.78, 5) is 44.2. The van der Waals surface area contributed by atoms with Crippen molar-refractivity contribution in [3.63, 3.8) is 0 Å². The maximum atomic E-state index is 12.1. The highest BCUT2D eigenvalue weighted by Crippen LogP contribution is 2.27. The Labute approximate surface area is 173 Å². The number of aliphatic hydroxyl groups is 3. The smallest absolute Gasteiger partial charge is 0.300 e. The first-order valence-corrected chi connectivity index (χ1v) is 10.2. The van der Waals surface area contributed by atoms with Gasteiger partial charge in [0.2, 0.25) is 0 Å². The van der Waals surface area contributed by atoms with Crippen molar-refractivity contribution in [1.82, 2.24) is 19.5 Å². The molecule has 5 N–H and O–H groups in total. The van der Waals surface area contributed by atoms with Crippen molar-refractivity contribution in [2.24, 2.45) is 0 Å². The maximum absolute atomic E-state index is 12.1. The number of nitrogen functional groups attached to an aromatic ring is 1. The molecule has 0 unspecified atom stereocenters. The Bertz CT molecular complexity index is 1200. The summed E-state index contributed by atoms with van der Waals surface area (Å²) in [5, 5.41) is 42.0. The van der Waals surface area contributed by atoms with Crippen LogP contribution in [0, 0.1) is 6.92 Å². The second-order valence-corrected chi connectivity index (χ2v) is 7.92. The molecular weight excluding hydrogens is 437 g/mol. The van der Waals surface area contributed by atoms with Gasteiger partial charge in [-0.2, -0.15) is 0 Å². The maximum Gasteiger partial charge on any atom is 0.300 e. The van der Waals surface area contributed by atoms with Gasteiger partial charge in [-0.05, 0) is 24.6 Å². The van der Waals surface area contributed by atoms with Crippen LogP contribution in [0.4, 0.5) is 5.69 Å². The number of hydrogen-bond acceptors (Lipinski definition) is 13. The molecule has 15 heteroatoms. The topological polar surface area (TPSA) is 243 Å². The van der Waals surface area contributed by atoms with Crippen LogP contribution < -0.4 is 26.2 Å². The number of phosphoric ester groups is 1. The molecule has 0 saturated carbocycles. The van der Waals surface area contributed by atoms with Crippen LogP contribution in [-0.2, 0) is 15.6 Å². The third-order valence-electron chi connectivity index (χ3n) is 4.52. The second-order valence-electron chi connectivity index (χ2n) is 6.77. The van der Waals surface area contributed by atoms with Gasteiger partial charge in [0, 0.05) is 5.69 Å². The van der Waals surface area contributed by atoms with Gasteiger partial charge < -0.3 is 49.6 Å². The Morgan fingerprint density at radius 2 is 1.87 bits per heavy atom. The number of aromatic nitrogens is 4. The lowest BCUT2D eigenvalue weighted by atomic mass is 10.1. The Morgan fingerprint density at radius 1 is 1.19 bits per heavy atom. The third-order valence-corrected chi connectivity index (χ3v) is 4.98. The molecule has 3 rings (SSSR count). The largest absolute Gasteiger partial charge is 0.844 e. The summed E-state index contributed by atoms with van der Waals surface area (Å²) < 4.78 is 15.6. The highest BCUT2D eigenvalue weighted by atomic mass is 31.2. The summed E-state index contributed by atoms with van der Waals surface area (Å²) in [6, 6.07) is 1.91. The first-order chi connectivity index (χ1) is 14.4. The SMILES string of the molecule is Cc1cc2nc3c(=O)nc([O-])nc-3n(C[C@H](O)[C@H](O)[C@H](O)COP(=O)([O-])[O-])c2cc1N. The summed E-state index contributed by atoms with van der Waals surface area (Å²) in [7, 11) is -5.41. The molecule has 0 radical (unpaired) electrons. The molecule has 2 heterocycles. The number of nitrogens with zero attached hydrogens (tertiary/aromatic N) is 4. The standard InChI is InChI=1S/C16H20N5O9P/c1-6-2-8-9(3-7(6)17)21(14-12(18-8)15(25)20-16(26)19-14)4-10(22)13(24)11(23)5-30-31(27,28)29/h2-3,10-11,13,22-24H,4-5,17H2,1H3,(H,20,25,26)(H2,27,28,29)/p-3/t10-,11+,13-/m0/s1. The number of phosphoric acid groups is 1. The average Bonchev–Trinajstić information content (AvgIpc) is 2.67. The molecule has 31 heavy (non-hydrogen) atoms. The van der Waals surface area contributed by atoms with E-state index in [2.05, 4.69) is 19.5 Å². The number of aliphatic hydroxyl groups excluding tert-OH is 3. The van der Waals surface area contributed by atoms with E-state index < -0.39 is 50.9 Å². The predicted molar refractivity (Wildman–Crippen MR) is 98.4 cm³/mol. The quantitative estimate of drug-likeness (QED) is 0.152. The number of hydrogen-bond donors (Lipinski definition) is 4. The number of aryl methyl sites for hydroxylation is 1. The summed E-state index contributed by atoms with van der Waals surface area (Å²) in [6.07, 6.45) is -5.70. The fourth-order valence-corrected chi connectivity index (χ4v) is 3.27. The van der Waals surface area contributed by atoms with E-state index in [0.29, 0.717) is 11.3 Å². The van der Waals surface area contributed by atoms with Gasteiger partial charge in [0.05, 0.1) is 38.0 Å². The molecule has 3 atom stereocenters. The lowest BCUT2D eigenvalue weighted by Gasteiger charge is -2.31. The molecule has 1 aromatic carbocycles. The van der Waals surface area contributed by atoms with Gasteiger partial charge in [0.25, 0.3) is 5.56 Å². The van der Waals surface area contributed by atoms with E-state index >= 15 is 0 Å². The molecule has 0 fully saturated rings. The zero-order chi connectivity index (χ0) is 23.1. The molecule has 168 valence electrons. The molecule has 2 aliphatic rings. The normalized spacial score (nSPS) is 15.3. The molecule has 0 spiro atoms. The molecule has 1 aromatic rings. The van der Waals surface area contributed by atoms with Crippen LogP contribution in [0.2, 0.25) is 0 Å². The van der Waals surface area contributed by atoms with E-state index in [4.69, 9.17) is 5.73 Å². The van der Waals surface area contributed by atoms with Crippen LogP contribution in [0.1, 0.15) is 5.56 Å². The Balaban J connectivity index is 2.05. The zero-order valence-corrected chi connectivity index (χ0v) is 16.8.